The summed E-state index contributed by atoms with van der Waals surface area (Å²) in [6, 6.07) is 5.99. The van der Waals surface area contributed by atoms with Crippen LogP contribution in [-0.2, 0) is 0 Å². The van der Waals surface area contributed by atoms with Crippen molar-refractivity contribution in [2.75, 3.05) is 18.4 Å². The second-order valence-electron chi connectivity index (χ2n) is 6.01. The second-order valence-corrected chi connectivity index (χ2v) is 6.01. The van der Waals surface area contributed by atoms with Gasteiger partial charge in [0.2, 0.25) is 0 Å². The molecule has 3 nitrogen and oxygen atoms in total. The van der Waals surface area contributed by atoms with E-state index < -0.39 is 0 Å². The average Bonchev–Trinajstić information content (AvgIpc) is 3.19. The third-order valence-corrected chi connectivity index (χ3v) is 4.15. The summed E-state index contributed by atoms with van der Waals surface area (Å²) in [5.74, 6) is 0.0482. The molecule has 0 bridgehead atoms. The SMILES string of the molecule is CCCC1(CNC(=O)c2cc(C)ccc2NCC)CC1. The smallest absolute Gasteiger partial charge is 0.253 e. The molecular formula is C17H26N2O. The van der Waals surface area contributed by atoms with Crippen molar-refractivity contribution in [3.63, 3.8) is 0 Å². The van der Waals surface area contributed by atoms with Crippen molar-refractivity contribution >= 4 is 11.6 Å². The average molecular weight is 274 g/mol. The van der Waals surface area contributed by atoms with Crippen LogP contribution in [0.15, 0.2) is 18.2 Å². The first-order chi connectivity index (χ1) is 9.60. The molecule has 1 aliphatic rings. The molecule has 0 atom stereocenters. The van der Waals surface area contributed by atoms with Crippen LogP contribution in [0.25, 0.3) is 0 Å². The molecule has 1 fully saturated rings. The van der Waals surface area contributed by atoms with E-state index in [2.05, 4.69) is 17.6 Å². The van der Waals surface area contributed by atoms with E-state index in [0.29, 0.717) is 5.41 Å². The molecule has 0 saturated heterocycles. The molecule has 2 N–H and O–H groups in total. The third-order valence-electron chi connectivity index (χ3n) is 4.15. The summed E-state index contributed by atoms with van der Waals surface area (Å²) >= 11 is 0. The van der Waals surface area contributed by atoms with Crippen molar-refractivity contribution in [2.24, 2.45) is 5.41 Å². The topological polar surface area (TPSA) is 41.1 Å². The molecule has 1 amide bonds. The highest BCUT2D eigenvalue weighted by atomic mass is 16.1. The first-order valence-corrected chi connectivity index (χ1v) is 7.73. The van der Waals surface area contributed by atoms with Crippen LogP contribution >= 0.6 is 0 Å². The lowest BCUT2D eigenvalue weighted by Gasteiger charge is -2.16. The van der Waals surface area contributed by atoms with Crippen molar-refractivity contribution in [1.82, 2.24) is 5.32 Å². The maximum absolute atomic E-state index is 12.4. The summed E-state index contributed by atoms with van der Waals surface area (Å²) in [5.41, 5.74) is 3.20. The van der Waals surface area contributed by atoms with Crippen molar-refractivity contribution in [1.29, 1.82) is 0 Å². The molecule has 0 radical (unpaired) electrons. The molecule has 110 valence electrons. The van der Waals surface area contributed by atoms with Gasteiger partial charge < -0.3 is 10.6 Å². The van der Waals surface area contributed by atoms with Gasteiger partial charge in [-0.05, 0) is 50.7 Å². The van der Waals surface area contributed by atoms with E-state index in [-0.39, 0.29) is 5.91 Å². The third kappa shape index (κ3) is 3.53. The van der Waals surface area contributed by atoms with E-state index in [1.54, 1.807) is 0 Å². The van der Waals surface area contributed by atoms with Gasteiger partial charge in [-0.2, -0.15) is 0 Å². The highest BCUT2D eigenvalue weighted by Crippen LogP contribution is 2.48. The number of anilines is 1. The molecule has 1 aromatic carbocycles. The van der Waals surface area contributed by atoms with Crippen LogP contribution < -0.4 is 10.6 Å². The largest absolute Gasteiger partial charge is 0.385 e. The molecule has 20 heavy (non-hydrogen) atoms. The van der Waals surface area contributed by atoms with Crippen molar-refractivity contribution < 1.29 is 4.79 Å². The van der Waals surface area contributed by atoms with Gasteiger partial charge in [0.05, 0.1) is 5.56 Å². The minimum absolute atomic E-state index is 0.0482. The zero-order valence-electron chi connectivity index (χ0n) is 12.9. The quantitative estimate of drug-likeness (QED) is 0.795. The molecule has 0 spiro atoms. The minimum Gasteiger partial charge on any atom is -0.385 e. The maximum Gasteiger partial charge on any atom is 0.253 e. The normalized spacial score (nSPS) is 15.8. The number of aryl methyl sites for hydroxylation is 1. The summed E-state index contributed by atoms with van der Waals surface area (Å²) in [5, 5.41) is 6.39. The van der Waals surface area contributed by atoms with Crippen LogP contribution in [0, 0.1) is 12.3 Å². The predicted molar refractivity (Wildman–Crippen MR) is 84.3 cm³/mol. The highest BCUT2D eigenvalue weighted by molar-refractivity contribution is 5.99. The van der Waals surface area contributed by atoms with Gasteiger partial charge in [-0.25, -0.2) is 0 Å². The molecule has 2 rings (SSSR count). The molecule has 1 saturated carbocycles. The van der Waals surface area contributed by atoms with Crippen LogP contribution in [0.2, 0.25) is 0 Å². The summed E-state index contributed by atoms with van der Waals surface area (Å²) in [6.45, 7) is 7.92. The molecule has 0 aliphatic heterocycles. The van der Waals surface area contributed by atoms with Gasteiger partial charge >= 0.3 is 0 Å². The van der Waals surface area contributed by atoms with Gasteiger partial charge in [0.15, 0.2) is 0 Å². The fraction of sp³-hybridized carbons (Fsp3) is 0.588. The zero-order chi connectivity index (χ0) is 14.6. The van der Waals surface area contributed by atoms with Crippen LogP contribution in [0.1, 0.15) is 55.5 Å². The van der Waals surface area contributed by atoms with E-state index in [9.17, 15) is 4.79 Å². The fourth-order valence-corrected chi connectivity index (χ4v) is 2.78. The van der Waals surface area contributed by atoms with E-state index >= 15 is 0 Å². The van der Waals surface area contributed by atoms with E-state index in [1.807, 2.05) is 32.0 Å². The number of carbonyl (C=O) groups excluding carboxylic acids is 1. The number of hydrogen-bond acceptors (Lipinski definition) is 2. The number of carbonyl (C=O) groups is 1. The van der Waals surface area contributed by atoms with Gasteiger partial charge in [0.1, 0.15) is 0 Å². The first-order valence-electron chi connectivity index (χ1n) is 7.73. The van der Waals surface area contributed by atoms with Crippen LogP contribution in [0.3, 0.4) is 0 Å². The van der Waals surface area contributed by atoms with Crippen LogP contribution in [-0.4, -0.2) is 19.0 Å². The number of nitrogens with one attached hydrogen (secondary N) is 2. The molecule has 0 unspecified atom stereocenters. The lowest BCUT2D eigenvalue weighted by Crippen LogP contribution is -2.30. The van der Waals surface area contributed by atoms with Gasteiger partial charge in [-0.3, -0.25) is 4.79 Å². The Balaban J connectivity index is 2.03. The molecule has 0 heterocycles. The van der Waals surface area contributed by atoms with Gasteiger partial charge in [-0.15, -0.1) is 0 Å². The summed E-state index contributed by atoms with van der Waals surface area (Å²) < 4.78 is 0. The number of rotatable bonds is 7. The lowest BCUT2D eigenvalue weighted by molar-refractivity contribution is 0.0944. The highest BCUT2D eigenvalue weighted by Gasteiger charge is 2.41. The number of hydrogen-bond donors (Lipinski definition) is 2. The second kappa shape index (κ2) is 6.29. The van der Waals surface area contributed by atoms with Gasteiger partial charge in [0.25, 0.3) is 5.91 Å². The molecule has 1 aliphatic carbocycles. The van der Waals surface area contributed by atoms with Gasteiger partial charge in [0, 0.05) is 18.8 Å². The monoisotopic (exact) mass is 274 g/mol. The van der Waals surface area contributed by atoms with Crippen molar-refractivity contribution in [2.45, 2.75) is 46.5 Å². The fourth-order valence-electron chi connectivity index (χ4n) is 2.78. The van der Waals surface area contributed by atoms with Crippen molar-refractivity contribution in [3.8, 4) is 0 Å². The van der Waals surface area contributed by atoms with Gasteiger partial charge in [-0.1, -0.05) is 25.0 Å². The maximum atomic E-state index is 12.4. The Morgan fingerprint density at radius 3 is 2.65 bits per heavy atom. The Labute approximate surface area is 122 Å². The summed E-state index contributed by atoms with van der Waals surface area (Å²) in [6.07, 6.45) is 4.94. The zero-order valence-corrected chi connectivity index (χ0v) is 12.9. The minimum atomic E-state index is 0.0482. The Bertz CT molecular complexity index is 478. The Kier molecular flexibility index (Phi) is 4.69. The first kappa shape index (κ1) is 14.9. The summed E-state index contributed by atoms with van der Waals surface area (Å²) in [7, 11) is 0. The molecule has 1 aromatic rings. The molecular weight excluding hydrogens is 248 g/mol. The Morgan fingerprint density at radius 2 is 2.05 bits per heavy atom. The Morgan fingerprint density at radius 1 is 1.30 bits per heavy atom. The number of benzene rings is 1. The Hall–Kier alpha value is -1.51. The predicted octanol–water partition coefficient (Wildman–Crippen LogP) is 3.74. The standard InChI is InChI=1S/C17H26N2O/c1-4-8-17(9-10-17)12-19-16(20)14-11-13(3)6-7-15(14)18-5-2/h6-7,11,18H,4-5,8-10,12H2,1-3H3,(H,19,20). The lowest BCUT2D eigenvalue weighted by atomic mass is 10.0. The van der Waals surface area contributed by atoms with E-state index in [0.717, 1.165) is 29.9 Å². The van der Waals surface area contributed by atoms with E-state index in [1.165, 1.54) is 25.7 Å². The van der Waals surface area contributed by atoms with Crippen LogP contribution in [0.5, 0.6) is 0 Å². The summed E-state index contributed by atoms with van der Waals surface area (Å²) in [4.78, 5) is 12.4. The molecule has 0 aromatic heterocycles. The van der Waals surface area contributed by atoms with Crippen LogP contribution in [0.4, 0.5) is 5.69 Å². The van der Waals surface area contributed by atoms with E-state index in [4.69, 9.17) is 0 Å². The number of amides is 1. The van der Waals surface area contributed by atoms with Crippen molar-refractivity contribution in [3.05, 3.63) is 29.3 Å². The molecule has 3 heteroatoms.